The Morgan fingerprint density at radius 3 is 2.67 bits per heavy atom. The first-order valence-electron chi connectivity index (χ1n) is 4.59. The van der Waals surface area contributed by atoms with Crippen molar-refractivity contribution in [2.24, 2.45) is 0 Å². The van der Waals surface area contributed by atoms with E-state index in [4.69, 9.17) is 4.74 Å². The summed E-state index contributed by atoms with van der Waals surface area (Å²) in [6.45, 7) is 0.693. The summed E-state index contributed by atoms with van der Waals surface area (Å²) in [7, 11) is 1.66. The summed E-state index contributed by atoms with van der Waals surface area (Å²) >= 11 is 4.93. The number of ketones is 1. The van der Waals surface area contributed by atoms with Crippen molar-refractivity contribution in [3.63, 3.8) is 0 Å². The van der Waals surface area contributed by atoms with E-state index in [0.717, 1.165) is 15.8 Å². The van der Waals surface area contributed by atoms with E-state index >= 15 is 0 Å². The molecule has 0 N–H and O–H groups in total. The van der Waals surface area contributed by atoms with Crippen LogP contribution in [0.3, 0.4) is 0 Å². The van der Waals surface area contributed by atoms with Crippen molar-refractivity contribution in [1.82, 2.24) is 0 Å². The molecule has 0 aliphatic carbocycles. The number of hydrogen-bond acceptors (Lipinski definition) is 3. The van der Waals surface area contributed by atoms with Crippen LogP contribution < -0.4 is 0 Å². The van der Waals surface area contributed by atoms with Gasteiger partial charge in [0.25, 0.3) is 0 Å². The van der Waals surface area contributed by atoms with Crippen LogP contribution in [0.5, 0.6) is 0 Å². The van der Waals surface area contributed by atoms with E-state index in [1.807, 2.05) is 24.3 Å². The number of Topliss-reactive ketones (excluding diaryl/α,β-unsaturated/α-hetero) is 1. The highest BCUT2D eigenvalue weighted by Gasteiger charge is 2.04. The summed E-state index contributed by atoms with van der Waals surface area (Å²) in [5.41, 5.74) is 0.767. The number of benzene rings is 1. The quantitative estimate of drug-likeness (QED) is 0.595. The minimum atomic E-state index is 0.170. The molecule has 4 heteroatoms. The number of thioether (sulfide) groups is 1. The zero-order valence-corrected chi connectivity index (χ0v) is 10.9. The highest BCUT2D eigenvalue weighted by atomic mass is 79.9. The Morgan fingerprint density at radius 2 is 2.07 bits per heavy atom. The van der Waals surface area contributed by atoms with Crippen LogP contribution in [0.4, 0.5) is 0 Å². The van der Waals surface area contributed by atoms with Gasteiger partial charge in [-0.3, -0.25) is 4.79 Å². The number of halogens is 1. The molecule has 0 atom stereocenters. The lowest BCUT2D eigenvalue weighted by Gasteiger charge is -2.01. The Balaban J connectivity index is 2.37. The lowest BCUT2D eigenvalue weighted by atomic mass is 10.2. The minimum Gasteiger partial charge on any atom is -0.384 e. The molecule has 2 nitrogen and oxygen atoms in total. The minimum absolute atomic E-state index is 0.170. The first-order chi connectivity index (χ1) is 7.24. The monoisotopic (exact) mass is 288 g/mol. The molecule has 0 heterocycles. The normalized spacial score (nSPS) is 10.3. The molecule has 0 aliphatic heterocycles. The Morgan fingerprint density at radius 1 is 1.40 bits per heavy atom. The summed E-state index contributed by atoms with van der Waals surface area (Å²) in [6, 6.07) is 7.44. The molecule has 0 bridgehead atoms. The van der Waals surface area contributed by atoms with Gasteiger partial charge in [0.05, 0.1) is 12.4 Å². The number of carbonyl (C=O) groups excluding carboxylic acids is 1. The number of hydrogen-bond donors (Lipinski definition) is 0. The van der Waals surface area contributed by atoms with Gasteiger partial charge in [-0.05, 0) is 12.1 Å². The van der Waals surface area contributed by atoms with Crippen molar-refractivity contribution in [1.29, 1.82) is 0 Å². The van der Waals surface area contributed by atoms with Gasteiger partial charge in [-0.25, -0.2) is 0 Å². The van der Waals surface area contributed by atoms with Gasteiger partial charge in [0.1, 0.15) is 0 Å². The summed E-state index contributed by atoms with van der Waals surface area (Å²) in [5, 5.41) is 0. The van der Waals surface area contributed by atoms with Crippen LogP contribution >= 0.6 is 27.7 Å². The maximum atomic E-state index is 11.6. The van der Waals surface area contributed by atoms with Crippen molar-refractivity contribution in [3.8, 4) is 0 Å². The molecule has 0 saturated carbocycles. The van der Waals surface area contributed by atoms with E-state index in [1.54, 1.807) is 18.9 Å². The van der Waals surface area contributed by atoms with Crippen molar-refractivity contribution in [3.05, 3.63) is 34.3 Å². The molecule has 0 saturated heterocycles. The fraction of sp³-hybridized carbons (Fsp3) is 0.364. The highest BCUT2D eigenvalue weighted by Crippen LogP contribution is 2.12. The standard InChI is InChI=1S/C11H13BrO2S/c1-14-6-7-15-8-11(13)9-2-4-10(12)5-3-9/h2-5H,6-8H2,1H3. The van der Waals surface area contributed by atoms with Gasteiger partial charge >= 0.3 is 0 Å². The lowest BCUT2D eigenvalue weighted by molar-refractivity contribution is 0.102. The number of methoxy groups -OCH3 is 1. The fourth-order valence-electron chi connectivity index (χ4n) is 1.03. The molecule has 0 aliphatic rings. The molecule has 0 amide bonds. The second kappa shape index (κ2) is 7.04. The van der Waals surface area contributed by atoms with E-state index in [-0.39, 0.29) is 5.78 Å². The molecule has 0 radical (unpaired) electrons. The average Bonchev–Trinajstić information content (AvgIpc) is 2.25. The highest BCUT2D eigenvalue weighted by molar-refractivity contribution is 9.10. The maximum Gasteiger partial charge on any atom is 0.172 e. The Hall–Kier alpha value is -0.320. The maximum absolute atomic E-state index is 11.6. The third-order valence-corrected chi connectivity index (χ3v) is 3.28. The molecule has 15 heavy (non-hydrogen) atoms. The molecule has 1 aromatic carbocycles. The molecule has 0 aromatic heterocycles. The summed E-state index contributed by atoms with van der Waals surface area (Å²) in [5.74, 6) is 1.55. The number of rotatable bonds is 6. The van der Waals surface area contributed by atoms with Crippen LogP contribution in [0.15, 0.2) is 28.7 Å². The summed E-state index contributed by atoms with van der Waals surface area (Å²) in [6.07, 6.45) is 0. The van der Waals surface area contributed by atoms with Gasteiger partial charge in [0.15, 0.2) is 5.78 Å². The molecule has 1 aromatic rings. The van der Waals surface area contributed by atoms with Gasteiger partial charge in [-0.15, -0.1) is 0 Å². The molecule has 82 valence electrons. The summed E-state index contributed by atoms with van der Waals surface area (Å²) < 4.78 is 5.90. The average molecular weight is 289 g/mol. The zero-order valence-electron chi connectivity index (χ0n) is 8.53. The first-order valence-corrected chi connectivity index (χ1v) is 6.54. The zero-order chi connectivity index (χ0) is 11.1. The van der Waals surface area contributed by atoms with E-state index in [0.29, 0.717) is 12.4 Å². The van der Waals surface area contributed by atoms with Crippen LogP contribution in [0.1, 0.15) is 10.4 Å². The van der Waals surface area contributed by atoms with Crippen LogP contribution in [-0.4, -0.2) is 31.0 Å². The predicted octanol–water partition coefficient (Wildman–Crippen LogP) is 3.01. The smallest absolute Gasteiger partial charge is 0.172 e. The Labute approximate surface area is 103 Å². The van der Waals surface area contributed by atoms with Crippen molar-refractivity contribution < 1.29 is 9.53 Å². The van der Waals surface area contributed by atoms with Crippen molar-refractivity contribution in [2.75, 3.05) is 25.2 Å². The van der Waals surface area contributed by atoms with Crippen LogP contribution in [0, 0.1) is 0 Å². The molecule has 0 unspecified atom stereocenters. The van der Waals surface area contributed by atoms with Crippen molar-refractivity contribution in [2.45, 2.75) is 0 Å². The van der Waals surface area contributed by atoms with E-state index in [2.05, 4.69) is 15.9 Å². The van der Waals surface area contributed by atoms with Gasteiger partial charge in [-0.2, -0.15) is 11.8 Å². The molecule has 1 rings (SSSR count). The van der Waals surface area contributed by atoms with Crippen molar-refractivity contribution >= 4 is 33.5 Å². The molecular formula is C11H13BrO2S. The van der Waals surface area contributed by atoms with E-state index in [1.165, 1.54) is 0 Å². The fourth-order valence-corrected chi connectivity index (χ4v) is 2.07. The predicted molar refractivity (Wildman–Crippen MR) is 67.7 cm³/mol. The van der Waals surface area contributed by atoms with Crippen LogP contribution in [-0.2, 0) is 4.74 Å². The summed E-state index contributed by atoms with van der Waals surface area (Å²) in [4.78, 5) is 11.6. The lowest BCUT2D eigenvalue weighted by Crippen LogP contribution is -2.04. The first kappa shape index (κ1) is 12.7. The Bertz CT molecular complexity index is 311. The third-order valence-electron chi connectivity index (χ3n) is 1.83. The number of carbonyl (C=O) groups is 1. The number of ether oxygens (including phenoxy) is 1. The Kier molecular flexibility index (Phi) is 5.98. The van der Waals surface area contributed by atoms with Gasteiger partial charge < -0.3 is 4.74 Å². The van der Waals surface area contributed by atoms with Gasteiger partial charge in [0.2, 0.25) is 0 Å². The second-order valence-corrected chi connectivity index (χ2v) is 5.00. The molecule has 0 spiro atoms. The third kappa shape index (κ3) is 4.82. The van der Waals surface area contributed by atoms with Gasteiger partial charge in [-0.1, -0.05) is 28.1 Å². The van der Waals surface area contributed by atoms with Crippen LogP contribution in [0.25, 0.3) is 0 Å². The van der Waals surface area contributed by atoms with Gasteiger partial charge in [0, 0.05) is 22.9 Å². The largest absolute Gasteiger partial charge is 0.384 e. The second-order valence-electron chi connectivity index (χ2n) is 2.98. The molecular weight excluding hydrogens is 276 g/mol. The SMILES string of the molecule is COCCSCC(=O)c1ccc(Br)cc1. The van der Waals surface area contributed by atoms with Crippen LogP contribution in [0.2, 0.25) is 0 Å². The molecule has 0 fully saturated rings. The van der Waals surface area contributed by atoms with E-state index in [9.17, 15) is 4.79 Å². The topological polar surface area (TPSA) is 26.3 Å². The van der Waals surface area contributed by atoms with E-state index < -0.39 is 0 Å².